The fourth-order valence-corrected chi connectivity index (χ4v) is 5.07. The number of benzene rings is 1. The first-order valence-electron chi connectivity index (χ1n) is 11.7. The lowest BCUT2D eigenvalue weighted by Gasteiger charge is -2.26. The summed E-state index contributed by atoms with van der Waals surface area (Å²) >= 11 is 6.47. The summed E-state index contributed by atoms with van der Waals surface area (Å²) in [6.45, 7) is 1.96. The molecular formula is C24H24ClF4N5O2. The molecule has 192 valence electrons. The Morgan fingerprint density at radius 3 is 2.72 bits per heavy atom. The minimum absolute atomic E-state index is 0.0199. The van der Waals surface area contributed by atoms with Gasteiger partial charge < -0.3 is 14.2 Å². The van der Waals surface area contributed by atoms with Gasteiger partial charge in [0.05, 0.1) is 17.4 Å². The third kappa shape index (κ3) is 4.86. The van der Waals surface area contributed by atoms with Crippen LogP contribution in [-0.2, 0) is 30.3 Å². The molecule has 36 heavy (non-hydrogen) atoms. The van der Waals surface area contributed by atoms with Crippen LogP contribution in [0.5, 0.6) is 0 Å². The van der Waals surface area contributed by atoms with E-state index >= 15 is 0 Å². The highest BCUT2D eigenvalue weighted by Gasteiger charge is 2.34. The number of aromatic nitrogens is 4. The first kappa shape index (κ1) is 24.8. The maximum Gasteiger partial charge on any atom is 0.416 e. The molecule has 1 fully saturated rings. The van der Waals surface area contributed by atoms with Gasteiger partial charge in [-0.1, -0.05) is 17.7 Å². The Kier molecular flexibility index (Phi) is 6.78. The molecule has 2 aliphatic rings. The quantitative estimate of drug-likeness (QED) is 0.466. The van der Waals surface area contributed by atoms with Crippen LogP contribution < -0.4 is 10.5 Å². The fourth-order valence-electron chi connectivity index (χ4n) is 4.82. The summed E-state index contributed by atoms with van der Waals surface area (Å²) in [5.41, 5.74) is -0.334. The Morgan fingerprint density at radius 1 is 1.14 bits per heavy atom. The zero-order chi connectivity index (χ0) is 25.4. The number of ether oxygens (including phenoxy) is 1. The second-order valence-corrected chi connectivity index (χ2v) is 9.32. The van der Waals surface area contributed by atoms with Crippen molar-refractivity contribution in [1.29, 1.82) is 0 Å². The van der Waals surface area contributed by atoms with E-state index in [0.29, 0.717) is 56.5 Å². The predicted octanol–water partition coefficient (Wildman–Crippen LogP) is 4.60. The van der Waals surface area contributed by atoms with Crippen molar-refractivity contribution in [3.8, 4) is 0 Å². The molecule has 1 aromatic carbocycles. The van der Waals surface area contributed by atoms with Crippen LogP contribution >= 0.6 is 11.6 Å². The highest BCUT2D eigenvalue weighted by atomic mass is 35.5. The van der Waals surface area contributed by atoms with Gasteiger partial charge in [0.25, 0.3) is 5.56 Å². The van der Waals surface area contributed by atoms with E-state index in [-0.39, 0.29) is 17.0 Å². The molecule has 3 aromatic rings. The standard InChI is InChI=1S/C24H24ClF4N5O2/c25-22-19(14-31-34(23(22)35)21-3-1-2-10-36-21)32-7-6-20-30-13-17(33(20)9-8-32)11-15-4-5-16(26)12-18(15)24(27,28)29/h4-5,12-14,21H,1-3,6-11H2. The average molecular weight is 526 g/mol. The van der Waals surface area contributed by atoms with Gasteiger partial charge in [-0.3, -0.25) is 4.79 Å². The maximum atomic E-state index is 13.5. The van der Waals surface area contributed by atoms with E-state index in [9.17, 15) is 22.4 Å². The molecule has 1 saturated heterocycles. The van der Waals surface area contributed by atoms with Crippen LogP contribution in [0.25, 0.3) is 0 Å². The number of nitrogens with zero attached hydrogens (tertiary/aromatic N) is 5. The second-order valence-electron chi connectivity index (χ2n) is 8.95. The molecule has 0 spiro atoms. The minimum atomic E-state index is -4.66. The minimum Gasteiger partial charge on any atom is -0.367 e. The molecule has 1 atom stereocenters. The molecule has 0 N–H and O–H groups in total. The summed E-state index contributed by atoms with van der Waals surface area (Å²) < 4.78 is 62.7. The van der Waals surface area contributed by atoms with Crippen LogP contribution in [0.15, 0.2) is 35.4 Å². The van der Waals surface area contributed by atoms with Crippen LogP contribution in [0, 0.1) is 5.82 Å². The lowest BCUT2D eigenvalue weighted by molar-refractivity contribution is -0.138. The molecule has 2 aliphatic heterocycles. The van der Waals surface area contributed by atoms with Gasteiger partial charge in [-0.15, -0.1) is 0 Å². The summed E-state index contributed by atoms with van der Waals surface area (Å²) in [4.78, 5) is 19.3. The van der Waals surface area contributed by atoms with Gasteiger partial charge in [0, 0.05) is 51.0 Å². The van der Waals surface area contributed by atoms with Crippen molar-refractivity contribution in [2.45, 2.75) is 51.1 Å². The lowest BCUT2D eigenvalue weighted by atomic mass is 10.0. The van der Waals surface area contributed by atoms with Crippen LogP contribution in [0.1, 0.15) is 48.1 Å². The van der Waals surface area contributed by atoms with E-state index in [0.717, 1.165) is 30.8 Å². The fraction of sp³-hybridized carbons (Fsp3) is 0.458. The Labute approximate surface area is 209 Å². The molecule has 7 nitrogen and oxygen atoms in total. The van der Waals surface area contributed by atoms with Crippen LogP contribution in [-0.4, -0.2) is 39.0 Å². The number of alkyl halides is 3. The van der Waals surface area contributed by atoms with Gasteiger partial charge >= 0.3 is 6.18 Å². The molecule has 12 heteroatoms. The van der Waals surface area contributed by atoms with E-state index in [1.54, 1.807) is 12.4 Å². The van der Waals surface area contributed by atoms with Crippen molar-refractivity contribution < 1.29 is 22.3 Å². The van der Waals surface area contributed by atoms with Gasteiger partial charge in [-0.2, -0.15) is 23.0 Å². The molecule has 1 unspecified atom stereocenters. The van der Waals surface area contributed by atoms with Crippen molar-refractivity contribution in [3.63, 3.8) is 0 Å². The molecule has 0 radical (unpaired) electrons. The Morgan fingerprint density at radius 2 is 1.97 bits per heavy atom. The van der Waals surface area contributed by atoms with E-state index in [4.69, 9.17) is 16.3 Å². The Hall–Kier alpha value is -2.92. The first-order valence-corrected chi connectivity index (χ1v) is 12.1. The van der Waals surface area contributed by atoms with E-state index in [1.807, 2.05) is 9.47 Å². The number of halogens is 5. The summed E-state index contributed by atoms with van der Waals surface area (Å²) in [5, 5.41) is 4.37. The molecule has 0 amide bonds. The summed E-state index contributed by atoms with van der Waals surface area (Å²) in [7, 11) is 0. The zero-order valence-corrected chi connectivity index (χ0v) is 20.0. The van der Waals surface area contributed by atoms with Crippen molar-refractivity contribution >= 4 is 17.3 Å². The Balaban J connectivity index is 1.36. The van der Waals surface area contributed by atoms with Crippen LogP contribution in [0.2, 0.25) is 5.02 Å². The van der Waals surface area contributed by atoms with E-state index in [2.05, 4.69) is 10.1 Å². The Bertz CT molecular complexity index is 1320. The summed E-state index contributed by atoms with van der Waals surface area (Å²) in [6, 6.07) is 2.71. The SMILES string of the molecule is O=c1c(Cl)c(N2CCc3ncc(Cc4ccc(F)cc4C(F)(F)F)n3CC2)cnn1C1CCCCO1. The zero-order valence-electron chi connectivity index (χ0n) is 19.3. The predicted molar refractivity (Wildman–Crippen MR) is 125 cm³/mol. The second kappa shape index (κ2) is 9.85. The van der Waals surface area contributed by atoms with Crippen molar-refractivity contribution in [2.75, 3.05) is 24.6 Å². The maximum absolute atomic E-state index is 13.5. The summed E-state index contributed by atoms with van der Waals surface area (Å²) in [5.74, 6) is -0.215. The smallest absolute Gasteiger partial charge is 0.367 e. The van der Waals surface area contributed by atoms with Gasteiger partial charge in [-0.05, 0) is 37.0 Å². The summed E-state index contributed by atoms with van der Waals surface area (Å²) in [6.07, 6.45) is 1.08. The molecule has 4 heterocycles. The third-order valence-corrected chi connectivity index (χ3v) is 7.02. The third-order valence-electron chi connectivity index (χ3n) is 6.66. The normalized spacial score (nSPS) is 18.7. The molecule has 2 aromatic heterocycles. The molecule has 0 bridgehead atoms. The number of fused-ring (bicyclic) bond motifs is 1. The monoisotopic (exact) mass is 525 g/mol. The van der Waals surface area contributed by atoms with Gasteiger partial charge in [0.1, 0.15) is 16.7 Å². The lowest BCUT2D eigenvalue weighted by Crippen LogP contribution is -2.34. The molecule has 0 aliphatic carbocycles. The van der Waals surface area contributed by atoms with Crippen molar-refractivity contribution in [1.82, 2.24) is 19.3 Å². The topological polar surface area (TPSA) is 65.2 Å². The van der Waals surface area contributed by atoms with Crippen LogP contribution in [0.4, 0.5) is 23.2 Å². The molecule has 5 rings (SSSR count). The largest absolute Gasteiger partial charge is 0.416 e. The van der Waals surface area contributed by atoms with Crippen molar-refractivity contribution in [3.05, 3.63) is 74.4 Å². The number of hydrogen-bond acceptors (Lipinski definition) is 5. The van der Waals surface area contributed by atoms with Gasteiger partial charge in [-0.25, -0.2) is 9.37 Å². The van der Waals surface area contributed by atoms with E-state index < -0.39 is 29.3 Å². The van der Waals surface area contributed by atoms with E-state index in [1.165, 1.54) is 4.68 Å². The average Bonchev–Trinajstić information content (AvgIpc) is 3.10. The van der Waals surface area contributed by atoms with Gasteiger partial charge in [0.2, 0.25) is 0 Å². The molecule has 0 saturated carbocycles. The number of imidazole rings is 1. The number of hydrogen-bond donors (Lipinski definition) is 0. The van der Waals surface area contributed by atoms with Crippen LogP contribution in [0.3, 0.4) is 0 Å². The number of rotatable bonds is 4. The molecular weight excluding hydrogens is 502 g/mol. The van der Waals surface area contributed by atoms with Gasteiger partial charge in [0.15, 0.2) is 6.23 Å². The first-order chi connectivity index (χ1) is 17.2. The van der Waals surface area contributed by atoms with Crippen molar-refractivity contribution in [2.24, 2.45) is 0 Å². The number of anilines is 1. The highest BCUT2D eigenvalue weighted by Crippen LogP contribution is 2.34. The highest BCUT2D eigenvalue weighted by molar-refractivity contribution is 6.33.